The maximum absolute atomic E-state index is 11.9. The number of aliphatic imine (C=N–C) groups is 1. The predicted octanol–water partition coefficient (Wildman–Crippen LogP) is 3.16. The van der Waals surface area contributed by atoms with E-state index < -0.39 is 0 Å². The summed E-state index contributed by atoms with van der Waals surface area (Å²) in [6, 6.07) is 9.24. The van der Waals surface area contributed by atoms with Crippen LogP contribution in [0.3, 0.4) is 0 Å². The van der Waals surface area contributed by atoms with Crippen LogP contribution in [0.2, 0.25) is 0 Å². The summed E-state index contributed by atoms with van der Waals surface area (Å²) in [5.74, 6) is 0.841. The number of halogens is 1. The molecule has 2 heterocycles. The Labute approximate surface area is 215 Å². The second-order valence-corrected chi connectivity index (χ2v) is 8.40. The fourth-order valence-corrected chi connectivity index (χ4v) is 4.31. The first-order valence-electron chi connectivity index (χ1n) is 12.0. The standard InChI is InChI=1S/C24H39N5O3.HI/c1-4-25-23(27-21-9-11-29(12-10-21)24(30)32-5-2)26-18-22(28-13-15-31-16-14-28)20-8-6-7-19(3)17-20;/h6-8,17,21-22H,4-5,9-16,18H2,1-3H3,(H2,25,26,27);1H. The molecular formula is C24H40IN5O3. The zero-order valence-corrected chi connectivity index (χ0v) is 22.5. The number of likely N-dealkylation sites (tertiary alicyclic amines) is 1. The molecule has 0 aliphatic carbocycles. The third-order valence-corrected chi connectivity index (χ3v) is 6.04. The van der Waals surface area contributed by atoms with E-state index >= 15 is 0 Å². The van der Waals surface area contributed by atoms with E-state index in [4.69, 9.17) is 14.5 Å². The van der Waals surface area contributed by atoms with E-state index in [-0.39, 0.29) is 36.1 Å². The van der Waals surface area contributed by atoms with Gasteiger partial charge < -0.3 is 25.0 Å². The van der Waals surface area contributed by atoms with Crippen LogP contribution in [-0.2, 0) is 9.47 Å². The molecule has 0 aromatic heterocycles. The number of guanidine groups is 1. The van der Waals surface area contributed by atoms with Crippen LogP contribution in [0.25, 0.3) is 0 Å². The van der Waals surface area contributed by atoms with Gasteiger partial charge in [0.15, 0.2) is 5.96 Å². The lowest BCUT2D eigenvalue weighted by atomic mass is 10.0. The van der Waals surface area contributed by atoms with Gasteiger partial charge in [-0.1, -0.05) is 29.8 Å². The number of carbonyl (C=O) groups excluding carboxylic acids is 1. The summed E-state index contributed by atoms with van der Waals surface area (Å²) in [7, 11) is 0. The summed E-state index contributed by atoms with van der Waals surface area (Å²) in [5.41, 5.74) is 2.57. The molecule has 0 radical (unpaired) electrons. The van der Waals surface area contributed by atoms with Crippen LogP contribution in [0.5, 0.6) is 0 Å². The van der Waals surface area contributed by atoms with Gasteiger partial charge in [0.25, 0.3) is 0 Å². The fraction of sp³-hybridized carbons (Fsp3) is 0.667. The van der Waals surface area contributed by atoms with Gasteiger partial charge in [0.05, 0.1) is 32.4 Å². The highest BCUT2D eigenvalue weighted by Crippen LogP contribution is 2.23. The monoisotopic (exact) mass is 573 g/mol. The molecule has 8 nitrogen and oxygen atoms in total. The molecule has 1 unspecified atom stereocenters. The van der Waals surface area contributed by atoms with Gasteiger partial charge >= 0.3 is 6.09 Å². The topological polar surface area (TPSA) is 78.4 Å². The van der Waals surface area contributed by atoms with Gasteiger partial charge in [0.2, 0.25) is 0 Å². The smallest absolute Gasteiger partial charge is 0.409 e. The summed E-state index contributed by atoms with van der Waals surface area (Å²) < 4.78 is 10.7. The van der Waals surface area contributed by atoms with E-state index in [1.54, 1.807) is 4.90 Å². The number of carbonyl (C=O) groups is 1. The summed E-state index contributed by atoms with van der Waals surface area (Å²) >= 11 is 0. The molecule has 33 heavy (non-hydrogen) atoms. The van der Waals surface area contributed by atoms with Crippen molar-refractivity contribution in [2.75, 3.05) is 59.1 Å². The zero-order chi connectivity index (χ0) is 22.8. The minimum absolute atomic E-state index is 0. The third kappa shape index (κ3) is 8.60. The van der Waals surface area contributed by atoms with Crippen molar-refractivity contribution in [3.8, 4) is 0 Å². The first kappa shape index (κ1) is 27.7. The number of benzene rings is 1. The molecule has 2 fully saturated rings. The number of ether oxygens (including phenoxy) is 2. The summed E-state index contributed by atoms with van der Waals surface area (Å²) in [5, 5.41) is 6.98. The van der Waals surface area contributed by atoms with E-state index in [1.165, 1.54) is 11.1 Å². The Balaban J connectivity index is 0.00000385. The number of hydrogen-bond donors (Lipinski definition) is 2. The van der Waals surface area contributed by atoms with Crippen LogP contribution >= 0.6 is 24.0 Å². The molecule has 3 rings (SSSR count). The van der Waals surface area contributed by atoms with E-state index in [9.17, 15) is 4.79 Å². The number of rotatable bonds is 7. The van der Waals surface area contributed by atoms with Crippen molar-refractivity contribution in [2.24, 2.45) is 4.99 Å². The SMILES string of the molecule is CCNC(=NCC(c1cccc(C)c1)N1CCOCC1)NC1CCN(C(=O)OCC)CC1.I. The normalized spacial score (nSPS) is 18.9. The van der Waals surface area contributed by atoms with E-state index in [1.807, 2.05) is 6.92 Å². The van der Waals surface area contributed by atoms with Crippen LogP contribution in [-0.4, -0.2) is 87.0 Å². The molecule has 1 aromatic rings. The van der Waals surface area contributed by atoms with E-state index in [0.29, 0.717) is 32.3 Å². The zero-order valence-electron chi connectivity index (χ0n) is 20.2. The first-order valence-corrected chi connectivity index (χ1v) is 12.0. The number of nitrogens with zero attached hydrogens (tertiary/aromatic N) is 3. The molecule has 186 valence electrons. The largest absolute Gasteiger partial charge is 0.450 e. The molecule has 0 bridgehead atoms. The number of piperidine rings is 1. The van der Waals surface area contributed by atoms with Crippen molar-refractivity contribution >= 4 is 36.0 Å². The van der Waals surface area contributed by atoms with Crippen LogP contribution < -0.4 is 10.6 Å². The molecule has 1 amide bonds. The Morgan fingerprint density at radius 1 is 1.21 bits per heavy atom. The van der Waals surface area contributed by atoms with E-state index in [0.717, 1.165) is 51.6 Å². The second-order valence-electron chi connectivity index (χ2n) is 8.40. The van der Waals surface area contributed by atoms with Crippen molar-refractivity contribution in [3.05, 3.63) is 35.4 Å². The average molecular weight is 574 g/mol. The van der Waals surface area contributed by atoms with Crippen LogP contribution in [0.4, 0.5) is 4.79 Å². The van der Waals surface area contributed by atoms with Crippen LogP contribution in [0, 0.1) is 6.92 Å². The highest BCUT2D eigenvalue weighted by molar-refractivity contribution is 14.0. The lowest BCUT2D eigenvalue weighted by Crippen LogP contribution is -2.50. The Morgan fingerprint density at radius 2 is 1.94 bits per heavy atom. The molecule has 9 heteroatoms. The van der Waals surface area contributed by atoms with Crippen molar-refractivity contribution in [1.29, 1.82) is 0 Å². The number of aryl methyl sites for hydroxylation is 1. The van der Waals surface area contributed by atoms with Gasteiger partial charge in [-0.05, 0) is 39.2 Å². The van der Waals surface area contributed by atoms with Gasteiger partial charge in [0, 0.05) is 38.8 Å². The molecule has 1 aromatic carbocycles. The molecule has 0 spiro atoms. The molecule has 2 aliphatic heterocycles. The number of amides is 1. The molecule has 0 saturated carbocycles. The maximum atomic E-state index is 11.9. The molecule has 2 N–H and O–H groups in total. The lowest BCUT2D eigenvalue weighted by Gasteiger charge is -2.35. The van der Waals surface area contributed by atoms with Crippen LogP contribution in [0.15, 0.2) is 29.3 Å². The molecule has 2 aliphatic rings. The van der Waals surface area contributed by atoms with E-state index in [2.05, 4.69) is 53.6 Å². The molecule has 1 atom stereocenters. The molecular weight excluding hydrogens is 533 g/mol. The number of morpholine rings is 1. The fourth-order valence-electron chi connectivity index (χ4n) is 4.31. The molecule has 2 saturated heterocycles. The highest BCUT2D eigenvalue weighted by Gasteiger charge is 2.25. The number of nitrogens with one attached hydrogen (secondary N) is 2. The van der Waals surface area contributed by atoms with Crippen molar-refractivity contribution in [3.63, 3.8) is 0 Å². The Hall–Kier alpha value is -1.59. The second kappa shape index (κ2) is 14.6. The van der Waals surface area contributed by atoms with Gasteiger partial charge in [-0.3, -0.25) is 9.89 Å². The highest BCUT2D eigenvalue weighted by atomic mass is 127. The Kier molecular flexibility index (Phi) is 12.3. The third-order valence-electron chi connectivity index (χ3n) is 6.04. The Bertz CT molecular complexity index is 749. The van der Waals surface area contributed by atoms with Gasteiger partial charge in [-0.25, -0.2) is 4.79 Å². The minimum atomic E-state index is -0.210. The van der Waals surface area contributed by atoms with Crippen molar-refractivity contribution in [2.45, 2.75) is 45.7 Å². The van der Waals surface area contributed by atoms with Crippen LogP contribution in [0.1, 0.15) is 43.9 Å². The summed E-state index contributed by atoms with van der Waals surface area (Å²) in [6.45, 7) is 12.7. The van der Waals surface area contributed by atoms with Gasteiger partial charge in [-0.15, -0.1) is 24.0 Å². The van der Waals surface area contributed by atoms with Gasteiger partial charge in [-0.2, -0.15) is 0 Å². The lowest BCUT2D eigenvalue weighted by molar-refractivity contribution is 0.0179. The van der Waals surface area contributed by atoms with Crippen molar-refractivity contribution < 1.29 is 14.3 Å². The minimum Gasteiger partial charge on any atom is -0.450 e. The average Bonchev–Trinajstić information content (AvgIpc) is 2.81. The maximum Gasteiger partial charge on any atom is 0.409 e. The summed E-state index contributed by atoms with van der Waals surface area (Å²) in [4.78, 5) is 21.2. The first-order chi connectivity index (χ1) is 15.6. The quantitative estimate of drug-likeness (QED) is 0.297. The summed E-state index contributed by atoms with van der Waals surface area (Å²) in [6.07, 6.45) is 1.56. The predicted molar refractivity (Wildman–Crippen MR) is 142 cm³/mol. The van der Waals surface area contributed by atoms with Crippen molar-refractivity contribution in [1.82, 2.24) is 20.4 Å². The number of hydrogen-bond acceptors (Lipinski definition) is 5. The van der Waals surface area contributed by atoms with Gasteiger partial charge in [0.1, 0.15) is 0 Å². The Morgan fingerprint density at radius 3 is 2.58 bits per heavy atom.